The van der Waals surface area contributed by atoms with Gasteiger partial charge in [0.15, 0.2) is 17.3 Å². The van der Waals surface area contributed by atoms with E-state index in [0.717, 1.165) is 16.7 Å². The molecule has 5 rings (SSSR count). The first-order valence-corrected chi connectivity index (χ1v) is 11.3. The molecule has 0 aliphatic carbocycles. The average molecular weight is 488 g/mol. The molecule has 0 amide bonds. The second-order valence-electron chi connectivity index (χ2n) is 8.42. The Labute approximate surface area is 208 Å². The lowest BCUT2D eigenvalue weighted by molar-refractivity contribution is 0.0600. The van der Waals surface area contributed by atoms with Gasteiger partial charge < -0.3 is 23.7 Å². The highest BCUT2D eigenvalue weighted by Gasteiger charge is 2.33. The summed E-state index contributed by atoms with van der Waals surface area (Å²) in [5, 5.41) is 0. The smallest absolute Gasteiger partial charge is 0.337 e. The van der Waals surface area contributed by atoms with E-state index < -0.39 is 5.97 Å². The summed E-state index contributed by atoms with van der Waals surface area (Å²) in [6, 6.07) is 16.1. The number of esters is 1. The number of carbonyl (C=O) groups excluding carboxylic acids is 2. The molecule has 0 saturated heterocycles. The topological polar surface area (TPSA) is 83.5 Å². The number of hydrogen-bond acceptors (Lipinski definition) is 8. The van der Waals surface area contributed by atoms with Crippen LogP contribution < -0.4 is 18.9 Å². The lowest BCUT2D eigenvalue weighted by Gasteiger charge is -2.29. The van der Waals surface area contributed by atoms with E-state index in [4.69, 9.17) is 23.7 Å². The zero-order chi connectivity index (χ0) is 25.2. The van der Waals surface area contributed by atoms with Gasteiger partial charge in [-0.25, -0.2) is 4.79 Å². The van der Waals surface area contributed by atoms with Gasteiger partial charge in [-0.1, -0.05) is 18.2 Å². The monoisotopic (exact) mass is 487 g/mol. The predicted octanol–water partition coefficient (Wildman–Crippen LogP) is 4.46. The van der Waals surface area contributed by atoms with E-state index in [1.165, 1.54) is 7.11 Å². The Morgan fingerprint density at radius 2 is 1.78 bits per heavy atom. The SMILES string of the molecule is COC(=O)c1ccc(/C=C2\Oc3c(ccc4c3CN(Cc3ccc(OC)c(OC)c3)CO4)C2=O)cc1. The number of methoxy groups -OCH3 is 3. The second kappa shape index (κ2) is 9.75. The zero-order valence-electron chi connectivity index (χ0n) is 20.2. The number of ether oxygens (including phenoxy) is 5. The quantitative estimate of drug-likeness (QED) is 0.372. The Kier molecular flexibility index (Phi) is 6.35. The summed E-state index contributed by atoms with van der Waals surface area (Å²) >= 11 is 0. The summed E-state index contributed by atoms with van der Waals surface area (Å²) in [6.45, 7) is 1.58. The van der Waals surface area contributed by atoms with Crippen molar-refractivity contribution in [3.8, 4) is 23.0 Å². The molecule has 0 unspecified atom stereocenters. The van der Waals surface area contributed by atoms with Crippen molar-refractivity contribution in [2.24, 2.45) is 0 Å². The van der Waals surface area contributed by atoms with Gasteiger partial charge in [0.2, 0.25) is 5.78 Å². The molecule has 3 aromatic rings. The van der Waals surface area contributed by atoms with E-state index in [1.54, 1.807) is 50.6 Å². The summed E-state index contributed by atoms with van der Waals surface area (Å²) < 4.78 is 27.5. The molecule has 36 heavy (non-hydrogen) atoms. The van der Waals surface area contributed by atoms with Gasteiger partial charge in [0, 0.05) is 13.1 Å². The van der Waals surface area contributed by atoms with Crippen LogP contribution in [0.5, 0.6) is 23.0 Å². The molecular formula is C28H25NO7. The molecule has 0 aromatic heterocycles. The van der Waals surface area contributed by atoms with Crippen molar-refractivity contribution in [1.29, 1.82) is 0 Å². The second-order valence-corrected chi connectivity index (χ2v) is 8.42. The van der Waals surface area contributed by atoms with E-state index in [0.29, 0.717) is 53.9 Å². The van der Waals surface area contributed by atoms with E-state index in [1.807, 2.05) is 24.3 Å². The maximum Gasteiger partial charge on any atom is 0.337 e. The first-order chi connectivity index (χ1) is 17.5. The highest BCUT2D eigenvalue weighted by Crippen LogP contribution is 2.42. The number of nitrogens with zero attached hydrogens (tertiary/aromatic N) is 1. The molecular weight excluding hydrogens is 462 g/mol. The van der Waals surface area contributed by atoms with Gasteiger partial charge in [-0.05, 0) is 53.6 Å². The number of carbonyl (C=O) groups is 2. The molecule has 0 saturated carbocycles. The number of fused-ring (bicyclic) bond motifs is 3. The summed E-state index contributed by atoms with van der Waals surface area (Å²) in [6.07, 6.45) is 1.67. The zero-order valence-corrected chi connectivity index (χ0v) is 20.2. The highest BCUT2D eigenvalue weighted by atomic mass is 16.5. The van der Waals surface area contributed by atoms with Gasteiger partial charge in [0.1, 0.15) is 18.2 Å². The van der Waals surface area contributed by atoms with E-state index in [-0.39, 0.29) is 11.5 Å². The summed E-state index contributed by atoms with van der Waals surface area (Å²) in [5.41, 5.74) is 3.54. The third kappa shape index (κ3) is 4.38. The van der Waals surface area contributed by atoms with Crippen LogP contribution in [-0.4, -0.2) is 44.7 Å². The van der Waals surface area contributed by atoms with Crippen LogP contribution in [0.2, 0.25) is 0 Å². The number of rotatable bonds is 6. The fraction of sp³-hybridized carbons (Fsp3) is 0.214. The first-order valence-electron chi connectivity index (χ1n) is 11.3. The van der Waals surface area contributed by atoms with Crippen LogP contribution in [0, 0.1) is 0 Å². The molecule has 0 atom stereocenters. The van der Waals surface area contributed by atoms with Crippen molar-refractivity contribution in [3.63, 3.8) is 0 Å². The number of allylic oxidation sites excluding steroid dienone is 1. The Morgan fingerprint density at radius 1 is 1.00 bits per heavy atom. The molecule has 0 fully saturated rings. The van der Waals surface area contributed by atoms with Gasteiger partial charge in [-0.2, -0.15) is 0 Å². The minimum atomic E-state index is -0.418. The molecule has 8 nitrogen and oxygen atoms in total. The molecule has 184 valence electrons. The molecule has 2 heterocycles. The Balaban J connectivity index is 1.36. The van der Waals surface area contributed by atoms with Crippen molar-refractivity contribution in [2.45, 2.75) is 13.1 Å². The fourth-order valence-electron chi connectivity index (χ4n) is 4.33. The lowest BCUT2D eigenvalue weighted by atomic mass is 10.0. The summed E-state index contributed by atoms with van der Waals surface area (Å²) in [4.78, 5) is 26.8. The number of hydrogen-bond donors (Lipinski definition) is 0. The minimum absolute atomic E-state index is 0.193. The highest BCUT2D eigenvalue weighted by molar-refractivity contribution is 6.15. The fourth-order valence-corrected chi connectivity index (χ4v) is 4.33. The van der Waals surface area contributed by atoms with E-state index in [2.05, 4.69) is 4.90 Å². The van der Waals surface area contributed by atoms with Crippen LogP contribution in [0.4, 0.5) is 0 Å². The number of ketones is 1. The standard InChI is InChI=1S/C28H25NO7/c1-32-23-10-6-18(13-24(23)33-2)14-29-15-21-22(35-16-29)11-9-20-26(30)25(36-27(20)21)12-17-4-7-19(8-5-17)28(31)34-3/h4-13H,14-16H2,1-3H3/b25-12-. The molecule has 0 spiro atoms. The molecule has 0 bridgehead atoms. The molecule has 0 radical (unpaired) electrons. The van der Waals surface area contributed by atoms with Gasteiger partial charge in [0.25, 0.3) is 0 Å². The lowest BCUT2D eigenvalue weighted by Crippen LogP contribution is -2.31. The van der Waals surface area contributed by atoms with Crippen LogP contribution in [0.25, 0.3) is 6.08 Å². The molecule has 0 N–H and O–H groups in total. The van der Waals surface area contributed by atoms with Gasteiger partial charge in [-0.15, -0.1) is 0 Å². The van der Waals surface area contributed by atoms with Crippen LogP contribution in [-0.2, 0) is 17.8 Å². The van der Waals surface area contributed by atoms with Crippen LogP contribution in [0.15, 0.2) is 60.4 Å². The maximum absolute atomic E-state index is 13.1. The van der Waals surface area contributed by atoms with Crippen molar-refractivity contribution >= 4 is 17.8 Å². The normalized spacial score (nSPS) is 15.5. The van der Waals surface area contributed by atoms with E-state index >= 15 is 0 Å². The Bertz CT molecular complexity index is 1360. The Hall–Kier alpha value is -4.30. The molecule has 8 heteroatoms. The Morgan fingerprint density at radius 3 is 2.50 bits per heavy atom. The van der Waals surface area contributed by atoms with Crippen molar-refractivity contribution in [2.75, 3.05) is 28.1 Å². The molecule has 3 aromatic carbocycles. The van der Waals surface area contributed by atoms with Crippen LogP contribution in [0.1, 0.15) is 37.4 Å². The van der Waals surface area contributed by atoms with Crippen molar-refractivity contribution in [1.82, 2.24) is 4.90 Å². The van der Waals surface area contributed by atoms with Crippen LogP contribution in [0.3, 0.4) is 0 Å². The third-order valence-corrected chi connectivity index (χ3v) is 6.17. The van der Waals surface area contributed by atoms with Crippen molar-refractivity contribution < 1.29 is 33.3 Å². The molecule has 2 aliphatic rings. The average Bonchev–Trinajstić information content (AvgIpc) is 3.23. The minimum Gasteiger partial charge on any atom is -0.493 e. The summed E-state index contributed by atoms with van der Waals surface area (Å²) in [7, 11) is 4.55. The maximum atomic E-state index is 13.1. The third-order valence-electron chi connectivity index (χ3n) is 6.17. The van der Waals surface area contributed by atoms with Gasteiger partial charge in [-0.3, -0.25) is 9.69 Å². The summed E-state index contributed by atoms with van der Waals surface area (Å²) in [5.74, 6) is 2.17. The first kappa shape index (κ1) is 23.4. The number of benzene rings is 3. The largest absolute Gasteiger partial charge is 0.493 e. The van der Waals surface area contributed by atoms with Gasteiger partial charge in [0.05, 0.1) is 38.0 Å². The molecule has 2 aliphatic heterocycles. The van der Waals surface area contributed by atoms with E-state index in [9.17, 15) is 9.59 Å². The predicted molar refractivity (Wildman–Crippen MR) is 131 cm³/mol. The van der Waals surface area contributed by atoms with Gasteiger partial charge >= 0.3 is 5.97 Å². The number of Topliss-reactive ketones (excluding diaryl/α,β-unsaturated/α-hetero) is 1. The van der Waals surface area contributed by atoms with Crippen LogP contribution >= 0.6 is 0 Å². The van der Waals surface area contributed by atoms with Crippen molar-refractivity contribution in [3.05, 3.63) is 88.2 Å².